The van der Waals surface area contributed by atoms with E-state index in [4.69, 9.17) is 4.84 Å². The van der Waals surface area contributed by atoms with E-state index in [9.17, 15) is 22.0 Å². The zero-order valence-electron chi connectivity index (χ0n) is 16.6. The van der Waals surface area contributed by atoms with Crippen LogP contribution in [0.4, 0.5) is 8.78 Å². The second kappa shape index (κ2) is 8.72. The van der Waals surface area contributed by atoms with Gasteiger partial charge in [-0.3, -0.25) is 4.79 Å². The molecular weight excluding hydrogens is 428 g/mol. The molecule has 31 heavy (non-hydrogen) atoms. The molecule has 2 heterocycles. The Labute approximate surface area is 178 Å². The number of nitrogens with zero attached hydrogens (tertiary/aromatic N) is 3. The van der Waals surface area contributed by atoms with Crippen LogP contribution in [0.2, 0.25) is 0 Å². The predicted molar refractivity (Wildman–Crippen MR) is 109 cm³/mol. The molecule has 0 saturated carbocycles. The minimum Gasteiger partial charge on any atom is -0.391 e. The third-order valence-electron chi connectivity index (χ3n) is 5.35. The van der Waals surface area contributed by atoms with Crippen molar-refractivity contribution in [2.24, 2.45) is 5.16 Å². The van der Waals surface area contributed by atoms with Crippen molar-refractivity contribution in [3.8, 4) is 0 Å². The van der Waals surface area contributed by atoms with Crippen LogP contribution in [0.25, 0.3) is 0 Å². The summed E-state index contributed by atoms with van der Waals surface area (Å²) < 4.78 is 53.8. The number of piperazine rings is 1. The van der Waals surface area contributed by atoms with Gasteiger partial charge in [0.05, 0.1) is 17.0 Å². The lowest BCUT2D eigenvalue weighted by atomic mass is 10.0. The molecule has 10 heteroatoms. The van der Waals surface area contributed by atoms with Crippen LogP contribution in [0.5, 0.6) is 0 Å². The van der Waals surface area contributed by atoms with Gasteiger partial charge in [-0.05, 0) is 24.3 Å². The van der Waals surface area contributed by atoms with Gasteiger partial charge in [-0.25, -0.2) is 17.2 Å². The van der Waals surface area contributed by atoms with Crippen molar-refractivity contribution in [3.63, 3.8) is 0 Å². The molecule has 1 unspecified atom stereocenters. The number of benzene rings is 2. The van der Waals surface area contributed by atoms with Crippen molar-refractivity contribution < 1.29 is 26.8 Å². The van der Waals surface area contributed by atoms with Gasteiger partial charge >= 0.3 is 0 Å². The second-order valence-electron chi connectivity index (χ2n) is 7.40. The SMILES string of the molecule is O=C(CC1CC(c2ccc(F)cc2F)=NO1)N1CCN(S(=O)(=O)c2ccccc2)CC1. The van der Waals surface area contributed by atoms with E-state index in [1.807, 2.05) is 0 Å². The number of oxime groups is 1. The molecule has 1 fully saturated rings. The normalized spacial score (nSPS) is 19.7. The fraction of sp³-hybridized carbons (Fsp3) is 0.333. The number of halogens is 2. The minimum absolute atomic E-state index is 0.0429. The zero-order valence-corrected chi connectivity index (χ0v) is 17.4. The van der Waals surface area contributed by atoms with Crippen LogP contribution in [0.15, 0.2) is 58.6 Å². The third kappa shape index (κ3) is 4.59. The third-order valence-corrected chi connectivity index (χ3v) is 7.26. The van der Waals surface area contributed by atoms with Gasteiger partial charge in [-0.1, -0.05) is 23.4 Å². The van der Waals surface area contributed by atoms with E-state index in [2.05, 4.69) is 5.16 Å². The molecule has 164 valence electrons. The molecule has 2 aromatic rings. The number of carbonyl (C=O) groups excluding carboxylic acids is 1. The predicted octanol–water partition coefficient (Wildman–Crippen LogP) is 2.38. The lowest BCUT2D eigenvalue weighted by molar-refractivity contribution is -0.135. The summed E-state index contributed by atoms with van der Waals surface area (Å²) in [4.78, 5) is 19.7. The summed E-state index contributed by atoms with van der Waals surface area (Å²) in [6, 6.07) is 11.4. The maximum absolute atomic E-state index is 13.9. The van der Waals surface area contributed by atoms with Crippen LogP contribution in [0, 0.1) is 11.6 Å². The van der Waals surface area contributed by atoms with Crippen LogP contribution in [-0.4, -0.2) is 61.5 Å². The van der Waals surface area contributed by atoms with E-state index in [0.717, 1.165) is 12.1 Å². The van der Waals surface area contributed by atoms with Crippen molar-refractivity contribution in [1.82, 2.24) is 9.21 Å². The average molecular weight is 449 g/mol. The van der Waals surface area contributed by atoms with E-state index >= 15 is 0 Å². The van der Waals surface area contributed by atoms with E-state index in [1.165, 1.54) is 10.4 Å². The Hall–Kier alpha value is -2.85. The topological polar surface area (TPSA) is 79.3 Å². The molecule has 0 aliphatic carbocycles. The van der Waals surface area contributed by atoms with Crippen molar-refractivity contribution in [2.75, 3.05) is 26.2 Å². The Morgan fingerprint density at radius 3 is 2.45 bits per heavy atom. The first-order valence-corrected chi connectivity index (χ1v) is 11.3. The molecule has 0 radical (unpaired) electrons. The molecular formula is C21H21F2N3O4S. The van der Waals surface area contributed by atoms with Crippen molar-refractivity contribution in [1.29, 1.82) is 0 Å². The van der Waals surface area contributed by atoms with E-state index < -0.39 is 27.8 Å². The van der Waals surface area contributed by atoms with E-state index in [0.29, 0.717) is 5.71 Å². The highest BCUT2D eigenvalue weighted by Crippen LogP contribution is 2.23. The molecule has 2 aliphatic heterocycles. The molecule has 7 nitrogen and oxygen atoms in total. The van der Waals surface area contributed by atoms with Gasteiger partial charge < -0.3 is 9.74 Å². The largest absolute Gasteiger partial charge is 0.391 e. The van der Waals surface area contributed by atoms with Gasteiger partial charge in [-0.15, -0.1) is 0 Å². The van der Waals surface area contributed by atoms with Gasteiger partial charge in [0, 0.05) is 44.2 Å². The molecule has 1 atom stereocenters. The highest BCUT2D eigenvalue weighted by atomic mass is 32.2. The number of hydrogen-bond acceptors (Lipinski definition) is 5. The van der Waals surface area contributed by atoms with Gasteiger partial charge in [0.2, 0.25) is 15.9 Å². The quantitative estimate of drug-likeness (QED) is 0.702. The molecule has 0 aromatic heterocycles. The molecule has 1 amide bonds. The smallest absolute Gasteiger partial charge is 0.243 e. The fourth-order valence-electron chi connectivity index (χ4n) is 3.66. The van der Waals surface area contributed by atoms with E-state index in [-0.39, 0.29) is 55.4 Å². The van der Waals surface area contributed by atoms with Gasteiger partial charge in [-0.2, -0.15) is 4.31 Å². The number of amides is 1. The first kappa shape index (κ1) is 21.4. The Morgan fingerprint density at radius 1 is 1.06 bits per heavy atom. The summed E-state index contributed by atoms with van der Waals surface area (Å²) >= 11 is 0. The fourth-order valence-corrected chi connectivity index (χ4v) is 5.11. The Balaban J connectivity index is 1.30. The molecule has 4 rings (SSSR count). The molecule has 2 aromatic carbocycles. The maximum atomic E-state index is 13.9. The highest BCUT2D eigenvalue weighted by Gasteiger charge is 2.32. The molecule has 2 aliphatic rings. The van der Waals surface area contributed by atoms with Crippen LogP contribution < -0.4 is 0 Å². The maximum Gasteiger partial charge on any atom is 0.243 e. The van der Waals surface area contributed by atoms with Crippen LogP contribution >= 0.6 is 0 Å². The molecule has 1 saturated heterocycles. The van der Waals surface area contributed by atoms with Crippen LogP contribution in [-0.2, 0) is 19.7 Å². The summed E-state index contributed by atoms with van der Waals surface area (Å²) in [7, 11) is -3.59. The monoisotopic (exact) mass is 449 g/mol. The lowest BCUT2D eigenvalue weighted by Crippen LogP contribution is -2.50. The molecule has 0 spiro atoms. The Kier molecular flexibility index (Phi) is 6.01. The van der Waals surface area contributed by atoms with Gasteiger partial charge in [0.15, 0.2) is 0 Å². The van der Waals surface area contributed by atoms with Crippen molar-refractivity contribution in [3.05, 3.63) is 65.7 Å². The zero-order chi connectivity index (χ0) is 22.0. The Morgan fingerprint density at radius 2 is 1.77 bits per heavy atom. The van der Waals surface area contributed by atoms with Gasteiger partial charge in [0.25, 0.3) is 0 Å². The van der Waals surface area contributed by atoms with E-state index in [1.54, 1.807) is 35.2 Å². The average Bonchev–Trinajstić information content (AvgIpc) is 3.22. The summed E-state index contributed by atoms with van der Waals surface area (Å²) in [5.74, 6) is -1.59. The number of hydrogen-bond donors (Lipinski definition) is 0. The van der Waals surface area contributed by atoms with Crippen molar-refractivity contribution in [2.45, 2.75) is 23.8 Å². The van der Waals surface area contributed by atoms with Crippen LogP contribution in [0.3, 0.4) is 0 Å². The summed E-state index contributed by atoms with van der Waals surface area (Å²) in [6.07, 6.45) is -0.268. The van der Waals surface area contributed by atoms with Crippen molar-refractivity contribution >= 4 is 21.6 Å². The Bertz CT molecular complexity index is 1100. The lowest BCUT2D eigenvalue weighted by Gasteiger charge is -2.34. The molecule has 0 bridgehead atoms. The highest BCUT2D eigenvalue weighted by molar-refractivity contribution is 7.89. The summed E-state index contributed by atoms with van der Waals surface area (Å²) in [5.41, 5.74) is 0.477. The summed E-state index contributed by atoms with van der Waals surface area (Å²) in [5, 5.41) is 3.85. The van der Waals surface area contributed by atoms with Gasteiger partial charge in [0.1, 0.15) is 17.7 Å². The first-order chi connectivity index (χ1) is 14.8. The minimum atomic E-state index is -3.59. The van der Waals surface area contributed by atoms with Crippen LogP contribution in [0.1, 0.15) is 18.4 Å². The molecule has 0 N–H and O–H groups in total. The summed E-state index contributed by atoms with van der Waals surface area (Å²) in [6.45, 7) is 0.962. The standard InChI is InChI=1S/C21H21F2N3O4S/c22-15-6-7-18(19(23)12-15)20-13-16(30-24-20)14-21(27)25-8-10-26(11-9-25)31(28,29)17-4-2-1-3-5-17/h1-7,12,16H,8-11,13-14H2. The number of rotatable bonds is 5. The second-order valence-corrected chi connectivity index (χ2v) is 9.33. The number of carbonyl (C=O) groups is 1. The number of sulfonamides is 1. The first-order valence-electron chi connectivity index (χ1n) is 9.85.